The summed E-state index contributed by atoms with van der Waals surface area (Å²) in [5.41, 5.74) is 1.16. The summed E-state index contributed by atoms with van der Waals surface area (Å²) in [6.45, 7) is 8.73. The Morgan fingerprint density at radius 1 is 1.33 bits per heavy atom. The minimum atomic E-state index is 0.315. The molecule has 1 N–H and O–H groups in total. The van der Waals surface area contributed by atoms with E-state index >= 15 is 0 Å². The molecule has 0 saturated carbocycles. The highest BCUT2D eigenvalue weighted by Gasteiger charge is 2.10. The van der Waals surface area contributed by atoms with E-state index in [0.717, 1.165) is 24.6 Å². The third-order valence-electron chi connectivity index (χ3n) is 2.79. The van der Waals surface area contributed by atoms with Crippen molar-refractivity contribution < 1.29 is 0 Å². The van der Waals surface area contributed by atoms with Crippen molar-refractivity contribution >= 4 is 0 Å². The normalized spacial score (nSPS) is 11.3. The summed E-state index contributed by atoms with van der Waals surface area (Å²) in [6, 6.07) is 2.34. The van der Waals surface area contributed by atoms with Crippen LogP contribution in [0.25, 0.3) is 0 Å². The van der Waals surface area contributed by atoms with Gasteiger partial charge in [0.2, 0.25) is 0 Å². The molecule has 0 aliphatic heterocycles. The Balaban J connectivity index is 2.13. The minimum absolute atomic E-state index is 0.315. The van der Waals surface area contributed by atoms with Crippen molar-refractivity contribution in [2.75, 3.05) is 6.54 Å². The van der Waals surface area contributed by atoms with Gasteiger partial charge in [-0.25, -0.2) is 9.67 Å². The first-order valence-electron chi connectivity index (χ1n) is 6.32. The van der Waals surface area contributed by atoms with Crippen LogP contribution < -0.4 is 5.32 Å². The molecular formula is C12H20N6. The topological polar surface area (TPSA) is 60.6 Å². The summed E-state index contributed by atoms with van der Waals surface area (Å²) < 4.78 is 3.89. The maximum absolute atomic E-state index is 4.34. The van der Waals surface area contributed by atoms with Crippen LogP contribution in [0.4, 0.5) is 0 Å². The molecule has 2 heterocycles. The fourth-order valence-electron chi connectivity index (χ4n) is 1.86. The van der Waals surface area contributed by atoms with Crippen LogP contribution >= 0.6 is 0 Å². The Morgan fingerprint density at radius 3 is 2.89 bits per heavy atom. The maximum Gasteiger partial charge on any atom is 0.148 e. The number of hydrogen-bond donors (Lipinski definition) is 1. The van der Waals surface area contributed by atoms with Crippen molar-refractivity contribution in [1.82, 2.24) is 29.9 Å². The van der Waals surface area contributed by atoms with Crippen molar-refractivity contribution in [3.63, 3.8) is 0 Å². The monoisotopic (exact) mass is 248 g/mol. The van der Waals surface area contributed by atoms with Crippen LogP contribution in [0, 0.1) is 0 Å². The van der Waals surface area contributed by atoms with Gasteiger partial charge in [-0.1, -0.05) is 6.92 Å². The average Bonchev–Trinajstić information content (AvgIpc) is 2.96. The summed E-state index contributed by atoms with van der Waals surface area (Å²) in [6.07, 6.45) is 3.42. The van der Waals surface area contributed by atoms with E-state index in [1.807, 2.05) is 21.6 Å². The third-order valence-corrected chi connectivity index (χ3v) is 2.79. The fourth-order valence-corrected chi connectivity index (χ4v) is 1.86. The van der Waals surface area contributed by atoms with Crippen LogP contribution in [0.5, 0.6) is 0 Å². The van der Waals surface area contributed by atoms with E-state index in [9.17, 15) is 0 Å². The lowest BCUT2D eigenvalue weighted by molar-refractivity contribution is 0.481. The van der Waals surface area contributed by atoms with Gasteiger partial charge < -0.3 is 5.32 Å². The van der Waals surface area contributed by atoms with Crippen molar-refractivity contribution in [2.45, 2.75) is 39.9 Å². The van der Waals surface area contributed by atoms with Gasteiger partial charge in [0, 0.05) is 18.8 Å². The van der Waals surface area contributed by atoms with E-state index in [4.69, 9.17) is 0 Å². The molecule has 0 radical (unpaired) electrons. The zero-order valence-electron chi connectivity index (χ0n) is 11.2. The van der Waals surface area contributed by atoms with Crippen LogP contribution in [-0.4, -0.2) is 31.1 Å². The quantitative estimate of drug-likeness (QED) is 0.835. The van der Waals surface area contributed by atoms with Gasteiger partial charge in [0.25, 0.3) is 0 Å². The van der Waals surface area contributed by atoms with E-state index in [1.165, 1.54) is 0 Å². The molecule has 0 saturated heterocycles. The van der Waals surface area contributed by atoms with Gasteiger partial charge in [-0.15, -0.1) is 0 Å². The first-order valence-corrected chi connectivity index (χ1v) is 6.32. The number of hydrogen-bond acceptors (Lipinski definition) is 4. The maximum atomic E-state index is 4.34. The first kappa shape index (κ1) is 12.8. The van der Waals surface area contributed by atoms with Crippen molar-refractivity contribution in [2.24, 2.45) is 0 Å². The van der Waals surface area contributed by atoms with Crippen LogP contribution in [0.2, 0.25) is 0 Å². The molecule has 2 aromatic heterocycles. The molecule has 0 aliphatic carbocycles. The summed E-state index contributed by atoms with van der Waals surface area (Å²) in [5, 5.41) is 11.9. The highest BCUT2D eigenvalue weighted by Crippen LogP contribution is 2.08. The molecule has 0 bridgehead atoms. The van der Waals surface area contributed by atoms with Gasteiger partial charge in [-0.2, -0.15) is 10.2 Å². The van der Waals surface area contributed by atoms with Gasteiger partial charge in [0.15, 0.2) is 0 Å². The van der Waals surface area contributed by atoms with E-state index < -0.39 is 0 Å². The second-order valence-corrected chi connectivity index (χ2v) is 4.48. The second-order valence-electron chi connectivity index (χ2n) is 4.48. The number of nitrogens with one attached hydrogen (secondary N) is 1. The predicted molar refractivity (Wildman–Crippen MR) is 69.1 cm³/mol. The molecule has 0 fully saturated rings. The van der Waals surface area contributed by atoms with Crippen LogP contribution in [-0.2, 0) is 13.1 Å². The highest BCUT2D eigenvalue weighted by atomic mass is 15.4. The largest absolute Gasteiger partial charge is 0.311 e. The summed E-state index contributed by atoms with van der Waals surface area (Å²) in [4.78, 5) is 4.30. The lowest BCUT2D eigenvalue weighted by Crippen LogP contribution is -2.18. The van der Waals surface area contributed by atoms with Crippen molar-refractivity contribution in [3.8, 4) is 0 Å². The SMILES string of the molecule is CCNCc1ccnn1Cc1ncnn1C(C)C. The number of nitrogens with zero attached hydrogens (tertiary/aromatic N) is 5. The summed E-state index contributed by atoms with van der Waals surface area (Å²) in [5.74, 6) is 0.937. The van der Waals surface area contributed by atoms with Gasteiger partial charge >= 0.3 is 0 Å². The Labute approximate surface area is 107 Å². The molecule has 0 amide bonds. The highest BCUT2D eigenvalue weighted by molar-refractivity contribution is 5.02. The first-order chi connectivity index (χ1) is 8.72. The van der Waals surface area contributed by atoms with E-state index in [1.54, 1.807) is 6.33 Å². The average molecular weight is 248 g/mol. The summed E-state index contributed by atoms with van der Waals surface area (Å²) in [7, 11) is 0. The molecule has 2 aromatic rings. The molecule has 0 aliphatic rings. The van der Waals surface area contributed by atoms with Crippen LogP contribution in [0.15, 0.2) is 18.6 Å². The molecule has 0 aromatic carbocycles. The smallest absolute Gasteiger partial charge is 0.148 e. The summed E-state index contributed by atoms with van der Waals surface area (Å²) >= 11 is 0. The number of rotatable bonds is 6. The Morgan fingerprint density at radius 2 is 2.17 bits per heavy atom. The van der Waals surface area contributed by atoms with Gasteiger partial charge in [0.05, 0.1) is 5.69 Å². The Bertz CT molecular complexity index is 484. The Hall–Kier alpha value is -1.69. The zero-order valence-corrected chi connectivity index (χ0v) is 11.2. The van der Waals surface area contributed by atoms with Gasteiger partial charge in [-0.3, -0.25) is 4.68 Å². The Kier molecular flexibility index (Phi) is 4.09. The lowest BCUT2D eigenvalue weighted by Gasteiger charge is -2.11. The van der Waals surface area contributed by atoms with E-state index in [2.05, 4.69) is 41.3 Å². The van der Waals surface area contributed by atoms with Crippen LogP contribution in [0.1, 0.15) is 38.3 Å². The second kappa shape index (κ2) is 5.77. The molecule has 0 unspecified atom stereocenters. The molecule has 98 valence electrons. The van der Waals surface area contributed by atoms with E-state index in [0.29, 0.717) is 12.6 Å². The molecule has 0 atom stereocenters. The molecular weight excluding hydrogens is 228 g/mol. The predicted octanol–water partition coefficient (Wildman–Crippen LogP) is 1.21. The fraction of sp³-hybridized carbons (Fsp3) is 0.583. The molecule has 2 rings (SSSR count). The van der Waals surface area contributed by atoms with Gasteiger partial charge in [-0.05, 0) is 26.5 Å². The lowest BCUT2D eigenvalue weighted by atomic mass is 10.4. The molecule has 18 heavy (non-hydrogen) atoms. The van der Waals surface area contributed by atoms with Crippen LogP contribution in [0.3, 0.4) is 0 Å². The molecule has 6 heteroatoms. The molecule has 0 spiro atoms. The third kappa shape index (κ3) is 2.76. The van der Waals surface area contributed by atoms with E-state index in [-0.39, 0.29) is 0 Å². The van der Waals surface area contributed by atoms with Crippen molar-refractivity contribution in [1.29, 1.82) is 0 Å². The minimum Gasteiger partial charge on any atom is -0.311 e. The van der Waals surface area contributed by atoms with Crippen molar-refractivity contribution in [3.05, 3.63) is 30.1 Å². The van der Waals surface area contributed by atoms with Gasteiger partial charge in [0.1, 0.15) is 18.7 Å². The standard InChI is InChI=1S/C12H20N6/c1-4-13-7-11-5-6-15-17(11)8-12-14-9-16-18(12)10(2)3/h5-6,9-10,13H,4,7-8H2,1-3H3. The zero-order chi connectivity index (χ0) is 13.0. The molecule has 6 nitrogen and oxygen atoms in total. The number of aromatic nitrogens is 5.